The van der Waals surface area contributed by atoms with Gasteiger partial charge in [-0.2, -0.15) is 5.10 Å². The van der Waals surface area contributed by atoms with Crippen molar-refractivity contribution in [2.75, 3.05) is 43.9 Å². The number of fused-ring (bicyclic) bond motifs is 1. The predicted molar refractivity (Wildman–Crippen MR) is 169 cm³/mol. The molecule has 4 heterocycles. The van der Waals surface area contributed by atoms with Gasteiger partial charge in [0.1, 0.15) is 5.75 Å². The van der Waals surface area contributed by atoms with E-state index in [1.54, 1.807) is 54.3 Å². The second kappa shape index (κ2) is 12.1. The SMILES string of the molecule is Cc1cc(CC(=O)Nc2cnn(C(C)(C)C)c2)cc(F)c1Oc1ccnc2ccc(S(=O)(=O)CC3CN(CC4COC4)C3)cc12. The number of hydrogen-bond donors (Lipinski definition) is 1. The predicted octanol–water partition coefficient (Wildman–Crippen LogP) is 4.96. The molecule has 0 saturated carbocycles. The monoisotopic (exact) mass is 635 g/mol. The first-order valence-electron chi connectivity index (χ1n) is 15.1. The summed E-state index contributed by atoms with van der Waals surface area (Å²) < 4.78 is 55.1. The van der Waals surface area contributed by atoms with Crippen LogP contribution >= 0.6 is 0 Å². The molecule has 0 unspecified atom stereocenters. The zero-order valence-electron chi connectivity index (χ0n) is 25.9. The molecule has 0 bridgehead atoms. The van der Waals surface area contributed by atoms with Gasteiger partial charge in [-0.3, -0.25) is 14.5 Å². The fourth-order valence-corrected chi connectivity index (χ4v) is 7.36. The van der Waals surface area contributed by atoms with Gasteiger partial charge in [0.05, 0.1) is 53.2 Å². The number of pyridine rings is 1. The van der Waals surface area contributed by atoms with E-state index in [1.165, 1.54) is 12.3 Å². The summed E-state index contributed by atoms with van der Waals surface area (Å²) >= 11 is 0. The zero-order valence-corrected chi connectivity index (χ0v) is 26.7. The number of hydrogen-bond acceptors (Lipinski definition) is 8. The molecule has 0 atom stereocenters. The highest BCUT2D eigenvalue weighted by Gasteiger charge is 2.34. The van der Waals surface area contributed by atoms with Gasteiger partial charge in [-0.1, -0.05) is 6.07 Å². The van der Waals surface area contributed by atoms with Crippen LogP contribution in [0, 0.1) is 24.6 Å². The third-order valence-corrected chi connectivity index (χ3v) is 10.0. The maximum Gasteiger partial charge on any atom is 0.228 e. The maximum absolute atomic E-state index is 15.4. The Kier molecular flexibility index (Phi) is 8.40. The van der Waals surface area contributed by atoms with Crippen molar-refractivity contribution in [3.8, 4) is 11.5 Å². The minimum atomic E-state index is -3.56. The molecule has 2 aromatic heterocycles. The number of benzene rings is 2. The third kappa shape index (κ3) is 7.03. The fourth-order valence-electron chi connectivity index (χ4n) is 5.76. The van der Waals surface area contributed by atoms with E-state index < -0.39 is 15.7 Å². The van der Waals surface area contributed by atoms with E-state index in [2.05, 4.69) is 20.3 Å². The van der Waals surface area contributed by atoms with Crippen molar-refractivity contribution >= 4 is 32.3 Å². The molecule has 0 spiro atoms. The van der Waals surface area contributed by atoms with Gasteiger partial charge in [-0.25, -0.2) is 12.8 Å². The van der Waals surface area contributed by atoms with Crippen LogP contribution in [0.3, 0.4) is 0 Å². The van der Waals surface area contributed by atoms with Crippen LogP contribution in [0.1, 0.15) is 31.9 Å². The number of aryl methyl sites for hydroxylation is 1. The van der Waals surface area contributed by atoms with Crippen LogP contribution in [-0.2, 0) is 31.3 Å². The van der Waals surface area contributed by atoms with Gasteiger partial charge in [-0.05, 0) is 75.1 Å². The topological polar surface area (TPSA) is 116 Å². The molecule has 45 heavy (non-hydrogen) atoms. The van der Waals surface area contributed by atoms with Gasteiger partial charge in [0.25, 0.3) is 0 Å². The van der Waals surface area contributed by atoms with Crippen molar-refractivity contribution in [1.29, 1.82) is 0 Å². The molecule has 2 aromatic carbocycles. The van der Waals surface area contributed by atoms with Gasteiger partial charge in [0, 0.05) is 43.3 Å². The second-order valence-electron chi connectivity index (χ2n) is 13.2. The first-order chi connectivity index (χ1) is 21.3. The molecule has 2 aliphatic rings. The highest BCUT2D eigenvalue weighted by atomic mass is 32.2. The zero-order chi connectivity index (χ0) is 31.9. The lowest BCUT2D eigenvalue weighted by atomic mass is 9.99. The summed E-state index contributed by atoms with van der Waals surface area (Å²) in [6.07, 6.45) is 4.83. The summed E-state index contributed by atoms with van der Waals surface area (Å²) in [6, 6.07) is 9.34. The summed E-state index contributed by atoms with van der Waals surface area (Å²) in [5.74, 6) is 0.0512. The quantitative estimate of drug-likeness (QED) is 0.260. The van der Waals surface area contributed by atoms with E-state index in [4.69, 9.17) is 9.47 Å². The Balaban J connectivity index is 1.14. The smallest absolute Gasteiger partial charge is 0.228 e. The van der Waals surface area contributed by atoms with E-state index in [0.717, 1.165) is 32.8 Å². The Labute approximate surface area is 262 Å². The molecule has 6 rings (SSSR count). The lowest BCUT2D eigenvalue weighted by molar-refractivity contribution is -0.115. The van der Waals surface area contributed by atoms with Crippen molar-refractivity contribution in [3.05, 3.63) is 71.9 Å². The number of halogens is 1. The summed E-state index contributed by atoms with van der Waals surface area (Å²) in [6.45, 7) is 11.8. The molecule has 0 radical (unpaired) electrons. The van der Waals surface area contributed by atoms with Crippen molar-refractivity contribution in [3.63, 3.8) is 0 Å². The summed E-state index contributed by atoms with van der Waals surface area (Å²) in [5, 5.41) is 7.56. The first-order valence-corrected chi connectivity index (χ1v) is 16.7. The van der Waals surface area contributed by atoms with E-state index in [-0.39, 0.29) is 45.9 Å². The number of likely N-dealkylation sites (tertiary alicyclic amines) is 1. The number of anilines is 1. The summed E-state index contributed by atoms with van der Waals surface area (Å²) in [5.41, 5.74) is 1.85. The number of nitrogens with zero attached hydrogens (tertiary/aromatic N) is 4. The Hall–Kier alpha value is -3.87. The normalized spacial score (nSPS) is 16.4. The Morgan fingerprint density at radius 2 is 1.91 bits per heavy atom. The molecule has 2 saturated heterocycles. The van der Waals surface area contributed by atoms with E-state index in [0.29, 0.717) is 33.6 Å². The summed E-state index contributed by atoms with van der Waals surface area (Å²) in [4.78, 5) is 19.5. The fraction of sp³-hybridized carbons (Fsp3) is 0.424. The highest BCUT2D eigenvalue weighted by molar-refractivity contribution is 7.91. The van der Waals surface area contributed by atoms with Gasteiger partial charge < -0.3 is 19.7 Å². The molecular weight excluding hydrogens is 597 g/mol. The average Bonchev–Trinajstić information content (AvgIpc) is 3.39. The lowest BCUT2D eigenvalue weighted by Gasteiger charge is -2.42. The first kappa shape index (κ1) is 31.1. The Morgan fingerprint density at radius 1 is 1.13 bits per heavy atom. The Bertz CT molecular complexity index is 1820. The average molecular weight is 636 g/mol. The summed E-state index contributed by atoms with van der Waals surface area (Å²) in [7, 11) is -3.56. The number of sulfone groups is 1. The van der Waals surface area contributed by atoms with Crippen molar-refractivity contribution < 1.29 is 27.1 Å². The lowest BCUT2D eigenvalue weighted by Crippen LogP contribution is -2.53. The maximum atomic E-state index is 15.4. The van der Waals surface area contributed by atoms with Gasteiger partial charge in [0.2, 0.25) is 5.91 Å². The van der Waals surface area contributed by atoms with Crippen LogP contribution < -0.4 is 10.1 Å². The molecule has 12 heteroatoms. The number of rotatable bonds is 10. The van der Waals surface area contributed by atoms with Gasteiger partial charge in [-0.15, -0.1) is 0 Å². The number of nitrogens with one attached hydrogen (secondary N) is 1. The third-order valence-electron chi connectivity index (χ3n) is 8.16. The molecule has 10 nitrogen and oxygen atoms in total. The molecule has 238 valence electrons. The van der Waals surface area contributed by atoms with Crippen molar-refractivity contribution in [2.45, 2.75) is 44.6 Å². The Morgan fingerprint density at radius 3 is 2.58 bits per heavy atom. The minimum Gasteiger partial charge on any atom is -0.453 e. The highest BCUT2D eigenvalue weighted by Crippen LogP contribution is 2.35. The van der Waals surface area contributed by atoms with Gasteiger partial charge in [0.15, 0.2) is 21.4 Å². The molecule has 1 amide bonds. The second-order valence-corrected chi connectivity index (χ2v) is 15.2. The van der Waals surface area contributed by atoms with Crippen LogP contribution in [0.2, 0.25) is 0 Å². The number of aromatic nitrogens is 3. The number of carbonyl (C=O) groups is 1. The van der Waals surface area contributed by atoms with Crippen molar-refractivity contribution in [1.82, 2.24) is 19.7 Å². The number of carbonyl (C=O) groups excluding carboxylic acids is 1. The molecule has 4 aromatic rings. The number of ether oxygens (including phenoxy) is 2. The largest absolute Gasteiger partial charge is 0.453 e. The van der Waals surface area contributed by atoms with Crippen LogP contribution in [0.5, 0.6) is 11.5 Å². The van der Waals surface area contributed by atoms with Crippen LogP contribution in [0.4, 0.5) is 10.1 Å². The standard InChI is InChI=1S/C33H38FN5O5S/c1-21-9-22(11-31(40)37-25-13-36-39(17-25)33(2,3)4)10-28(34)32(21)44-30-7-8-35-29-6-5-26(12-27(29)30)45(41,42)20-23-14-38(15-23)16-24-18-43-19-24/h5-10,12-13,17,23-24H,11,14-16,18-20H2,1-4H3,(H,37,40). The molecule has 2 aliphatic heterocycles. The molecule has 0 aliphatic carbocycles. The molecular formula is C33H38FN5O5S. The van der Waals surface area contributed by atoms with E-state index >= 15 is 4.39 Å². The van der Waals surface area contributed by atoms with Crippen molar-refractivity contribution in [2.24, 2.45) is 11.8 Å². The van der Waals surface area contributed by atoms with Gasteiger partial charge >= 0.3 is 0 Å². The van der Waals surface area contributed by atoms with Crippen LogP contribution in [0.15, 0.2) is 59.9 Å². The molecule has 2 fully saturated rings. The van der Waals surface area contributed by atoms with E-state index in [1.807, 2.05) is 20.8 Å². The van der Waals surface area contributed by atoms with E-state index in [9.17, 15) is 13.2 Å². The minimum absolute atomic E-state index is 0.00204. The van der Waals surface area contributed by atoms with Crippen LogP contribution in [-0.4, -0.2) is 72.6 Å². The molecule has 1 N–H and O–H groups in total. The van der Waals surface area contributed by atoms with Crippen LogP contribution in [0.25, 0.3) is 10.9 Å². The number of amides is 1.